The Labute approximate surface area is 122 Å². The predicted molar refractivity (Wildman–Crippen MR) is 86.3 cm³/mol. The molecular weight excluding hydrogens is 312 g/mol. The first-order chi connectivity index (χ1) is 8.85. The van der Waals surface area contributed by atoms with Gasteiger partial charge in [-0.2, -0.15) is 0 Å². The Kier molecular flexibility index (Phi) is 7.60. The smallest absolute Gasteiger partial charge is 0.313 e. The van der Waals surface area contributed by atoms with Gasteiger partial charge < -0.3 is 27.5 Å². The van der Waals surface area contributed by atoms with Gasteiger partial charge in [0, 0.05) is 13.1 Å². The maximum Gasteiger partial charge on any atom is 0.313 e. The molecule has 0 aliphatic carbocycles. The van der Waals surface area contributed by atoms with E-state index in [1.54, 1.807) is 0 Å². The maximum absolute atomic E-state index is 6.19. The molecule has 1 atom stereocenters. The molecule has 1 fully saturated rings. The second kappa shape index (κ2) is 8.16. The van der Waals surface area contributed by atoms with Crippen molar-refractivity contribution in [3.63, 3.8) is 0 Å². The van der Waals surface area contributed by atoms with Gasteiger partial charge in [-0.3, -0.25) is 0 Å². The monoisotopic (exact) mass is 340 g/mol. The van der Waals surface area contributed by atoms with Gasteiger partial charge in [-0.15, -0.1) is 0 Å². The normalized spacial score (nSPS) is 27.9. The van der Waals surface area contributed by atoms with Crippen LogP contribution in [0.1, 0.15) is 6.42 Å². The fourth-order valence-corrected chi connectivity index (χ4v) is 15.9. The minimum atomic E-state index is -2.09. The van der Waals surface area contributed by atoms with Crippen molar-refractivity contribution in [3.8, 4) is 0 Å². The summed E-state index contributed by atoms with van der Waals surface area (Å²) in [7, 11) is -6.66. The molecule has 1 rings (SSSR count). The van der Waals surface area contributed by atoms with E-state index in [4.69, 9.17) is 22.2 Å². The number of hydrogen-bond donors (Lipinski definition) is 2. The molecule has 0 aromatic carbocycles. The molecule has 1 aliphatic rings. The molecule has 1 heterocycles. The van der Waals surface area contributed by atoms with Gasteiger partial charge in [0.1, 0.15) is 0 Å². The summed E-state index contributed by atoms with van der Waals surface area (Å²) in [4.78, 5) is 0. The molecule has 1 saturated heterocycles. The average Bonchev–Trinajstić information content (AvgIpc) is 2.24. The molecule has 0 bridgehead atoms. The Bertz CT molecular complexity index is 271. The number of hydrogen-bond acceptors (Lipinski definition) is 6. The van der Waals surface area contributed by atoms with E-state index in [1.165, 1.54) is 0 Å². The van der Waals surface area contributed by atoms with Crippen LogP contribution >= 0.6 is 0 Å². The van der Waals surface area contributed by atoms with Crippen molar-refractivity contribution in [1.29, 1.82) is 0 Å². The second-order valence-corrected chi connectivity index (χ2v) is 17.1. The van der Waals surface area contributed by atoms with Crippen LogP contribution in [0.3, 0.4) is 0 Å². The summed E-state index contributed by atoms with van der Waals surface area (Å²) < 4.78 is 24.1. The van der Waals surface area contributed by atoms with Crippen LogP contribution in [0.25, 0.3) is 0 Å². The van der Waals surface area contributed by atoms with E-state index in [9.17, 15) is 0 Å². The SMILES string of the molecule is C[Si]1(C)O[SiH2]O[SiH](CCCNCCN)O[Si](C)(C)O1. The average molecular weight is 341 g/mol. The predicted octanol–water partition coefficient (Wildman–Crippen LogP) is -0.372. The van der Waals surface area contributed by atoms with Crippen molar-refractivity contribution >= 4 is 36.4 Å². The standard InChI is InChI=1S/C9H28N2O4Si4/c1-18(2)13-16-12-17(14-19(3,4)15-18)9-5-7-11-8-6-10/h11,17H,5-10,16H2,1-4H3. The lowest BCUT2D eigenvalue weighted by atomic mass is 10.5. The van der Waals surface area contributed by atoms with E-state index >= 15 is 0 Å². The molecule has 10 heteroatoms. The summed E-state index contributed by atoms with van der Waals surface area (Å²) in [5.74, 6) is 0. The van der Waals surface area contributed by atoms with Gasteiger partial charge in [0.2, 0.25) is 0 Å². The zero-order valence-electron chi connectivity index (χ0n) is 12.5. The fraction of sp³-hybridized carbons (Fsp3) is 1.00. The molecule has 6 nitrogen and oxygen atoms in total. The zero-order chi connectivity index (χ0) is 14.4. The van der Waals surface area contributed by atoms with Crippen LogP contribution in [0.5, 0.6) is 0 Å². The molecule has 0 amide bonds. The third-order valence-electron chi connectivity index (χ3n) is 2.68. The van der Waals surface area contributed by atoms with E-state index in [-0.39, 0.29) is 0 Å². The van der Waals surface area contributed by atoms with Crippen LogP contribution in [0.15, 0.2) is 0 Å². The van der Waals surface area contributed by atoms with E-state index in [2.05, 4.69) is 31.5 Å². The highest BCUT2D eigenvalue weighted by atomic mass is 28.5. The molecule has 0 spiro atoms. The molecule has 114 valence electrons. The van der Waals surface area contributed by atoms with Crippen LogP contribution in [-0.2, 0) is 16.5 Å². The molecule has 0 radical (unpaired) electrons. The Balaban J connectivity index is 2.35. The Morgan fingerprint density at radius 2 is 1.89 bits per heavy atom. The van der Waals surface area contributed by atoms with E-state index < -0.39 is 36.4 Å². The first kappa shape index (κ1) is 17.7. The number of nitrogens with two attached hydrogens (primary N) is 1. The Morgan fingerprint density at radius 1 is 1.16 bits per heavy atom. The first-order valence-electron chi connectivity index (χ1n) is 6.89. The third-order valence-corrected chi connectivity index (χ3v) is 16.1. The molecule has 0 aromatic rings. The fourth-order valence-electron chi connectivity index (χ4n) is 2.01. The lowest BCUT2D eigenvalue weighted by Crippen LogP contribution is -2.55. The minimum Gasteiger partial charge on any atom is -0.422 e. The quantitative estimate of drug-likeness (QED) is 0.507. The molecule has 1 aliphatic heterocycles. The van der Waals surface area contributed by atoms with Crippen LogP contribution < -0.4 is 11.1 Å². The van der Waals surface area contributed by atoms with Crippen molar-refractivity contribution in [2.24, 2.45) is 5.73 Å². The molecule has 1 unspecified atom stereocenters. The van der Waals surface area contributed by atoms with Gasteiger partial charge in [0.25, 0.3) is 10.0 Å². The molecule has 0 saturated carbocycles. The topological polar surface area (TPSA) is 75.0 Å². The van der Waals surface area contributed by atoms with Gasteiger partial charge >= 0.3 is 26.4 Å². The van der Waals surface area contributed by atoms with Crippen LogP contribution in [-0.4, -0.2) is 56.0 Å². The summed E-state index contributed by atoms with van der Waals surface area (Å²) in [6.07, 6.45) is 1.07. The van der Waals surface area contributed by atoms with Crippen molar-refractivity contribution in [2.45, 2.75) is 38.7 Å². The number of rotatable bonds is 6. The van der Waals surface area contributed by atoms with E-state index in [0.717, 1.165) is 25.6 Å². The van der Waals surface area contributed by atoms with Gasteiger partial charge in [0.05, 0.1) is 0 Å². The van der Waals surface area contributed by atoms with Gasteiger partial charge in [-0.1, -0.05) is 0 Å². The van der Waals surface area contributed by atoms with Crippen molar-refractivity contribution in [1.82, 2.24) is 5.32 Å². The highest BCUT2D eigenvalue weighted by Gasteiger charge is 2.40. The highest BCUT2D eigenvalue weighted by molar-refractivity contribution is 6.84. The van der Waals surface area contributed by atoms with Crippen molar-refractivity contribution in [3.05, 3.63) is 0 Å². The van der Waals surface area contributed by atoms with E-state index in [0.29, 0.717) is 6.54 Å². The summed E-state index contributed by atoms with van der Waals surface area (Å²) >= 11 is 0. The zero-order valence-corrected chi connectivity index (χ0v) is 17.1. The van der Waals surface area contributed by atoms with Gasteiger partial charge in [0.15, 0.2) is 0 Å². The molecule has 0 aromatic heterocycles. The van der Waals surface area contributed by atoms with E-state index in [1.807, 2.05) is 0 Å². The summed E-state index contributed by atoms with van der Waals surface area (Å²) in [6.45, 7) is 10.8. The second-order valence-electron chi connectivity index (χ2n) is 5.56. The van der Waals surface area contributed by atoms with Gasteiger partial charge in [-0.25, -0.2) is 0 Å². The Hall–Kier alpha value is 0.628. The van der Waals surface area contributed by atoms with Crippen molar-refractivity contribution in [2.75, 3.05) is 19.6 Å². The molecule has 19 heavy (non-hydrogen) atoms. The van der Waals surface area contributed by atoms with Crippen LogP contribution in [0, 0.1) is 0 Å². The largest absolute Gasteiger partial charge is 0.422 e. The molecule has 3 N–H and O–H groups in total. The first-order valence-corrected chi connectivity index (χ1v) is 15.4. The maximum atomic E-state index is 6.19. The van der Waals surface area contributed by atoms with Crippen molar-refractivity contribution < 1.29 is 16.5 Å². The minimum absolute atomic E-state index is 0.683. The summed E-state index contributed by atoms with van der Waals surface area (Å²) in [6, 6.07) is 1.01. The Morgan fingerprint density at radius 3 is 2.58 bits per heavy atom. The number of nitrogens with one attached hydrogen (secondary N) is 1. The summed E-state index contributed by atoms with van der Waals surface area (Å²) in [5.41, 5.74) is 5.43. The molecular formula is C9H28N2O4Si4. The third kappa shape index (κ3) is 7.84. The van der Waals surface area contributed by atoms with Gasteiger partial charge in [-0.05, 0) is 45.2 Å². The lowest BCUT2D eigenvalue weighted by Gasteiger charge is -2.38. The summed E-state index contributed by atoms with van der Waals surface area (Å²) in [5, 5.41) is 3.29. The lowest BCUT2D eigenvalue weighted by molar-refractivity contribution is 0.271. The van der Waals surface area contributed by atoms with Crippen LogP contribution in [0.2, 0.25) is 32.2 Å². The van der Waals surface area contributed by atoms with Crippen LogP contribution in [0.4, 0.5) is 0 Å². The highest BCUT2D eigenvalue weighted by Crippen LogP contribution is 2.21.